The molecule has 1 aliphatic rings. The molecule has 1 aromatic heterocycles. The van der Waals surface area contributed by atoms with Crippen molar-refractivity contribution in [3.63, 3.8) is 0 Å². The van der Waals surface area contributed by atoms with Crippen LogP contribution in [0.5, 0.6) is 0 Å². The van der Waals surface area contributed by atoms with E-state index in [9.17, 15) is 4.79 Å². The molecule has 1 N–H and O–H groups in total. The molecule has 0 amide bonds. The van der Waals surface area contributed by atoms with E-state index in [1.807, 2.05) is 6.07 Å². The average molecular weight is 224 g/mol. The van der Waals surface area contributed by atoms with Crippen LogP contribution in [0.3, 0.4) is 0 Å². The summed E-state index contributed by atoms with van der Waals surface area (Å²) in [6, 6.07) is 1.85. The van der Waals surface area contributed by atoms with E-state index < -0.39 is 5.97 Å². The van der Waals surface area contributed by atoms with Crippen LogP contribution in [0.25, 0.3) is 0 Å². The lowest BCUT2D eigenvalue weighted by molar-refractivity contribution is -0.138. The molecule has 0 bridgehead atoms. The second-order valence-corrected chi connectivity index (χ2v) is 4.90. The van der Waals surface area contributed by atoms with Crippen molar-refractivity contribution < 1.29 is 9.90 Å². The smallest absolute Gasteiger partial charge is 0.303 e. The molecule has 5 heteroatoms. The largest absolute Gasteiger partial charge is 0.481 e. The minimum absolute atomic E-state index is 0.0292. The first kappa shape index (κ1) is 10.4. The molecule has 0 radical (unpaired) electrons. The van der Waals surface area contributed by atoms with Gasteiger partial charge in [-0.15, -0.1) is 11.8 Å². The molecule has 1 aromatic rings. The van der Waals surface area contributed by atoms with E-state index in [2.05, 4.69) is 9.97 Å². The van der Waals surface area contributed by atoms with Crippen LogP contribution >= 0.6 is 11.8 Å². The van der Waals surface area contributed by atoms with E-state index in [1.165, 1.54) is 6.33 Å². The SMILES string of the molecule is O=C(O)CC1(CSc2ccncn2)CC1. The Bertz CT molecular complexity index is 352. The van der Waals surface area contributed by atoms with Crippen molar-refractivity contribution in [2.24, 2.45) is 5.41 Å². The van der Waals surface area contributed by atoms with Crippen LogP contribution in [0.1, 0.15) is 19.3 Å². The highest BCUT2D eigenvalue weighted by Gasteiger charge is 2.44. The van der Waals surface area contributed by atoms with Crippen LogP contribution in [-0.4, -0.2) is 26.8 Å². The Balaban J connectivity index is 1.86. The number of aliphatic carboxylic acids is 1. The van der Waals surface area contributed by atoms with E-state index in [1.54, 1.807) is 18.0 Å². The zero-order chi connectivity index (χ0) is 10.7. The van der Waals surface area contributed by atoms with E-state index in [0.29, 0.717) is 0 Å². The molecule has 0 atom stereocenters. The van der Waals surface area contributed by atoms with E-state index in [-0.39, 0.29) is 11.8 Å². The van der Waals surface area contributed by atoms with Crippen molar-refractivity contribution in [1.82, 2.24) is 9.97 Å². The summed E-state index contributed by atoms with van der Waals surface area (Å²) < 4.78 is 0. The Morgan fingerprint density at radius 3 is 2.93 bits per heavy atom. The molecule has 0 saturated heterocycles. The monoisotopic (exact) mass is 224 g/mol. The molecule has 15 heavy (non-hydrogen) atoms. The van der Waals surface area contributed by atoms with Gasteiger partial charge in [0.2, 0.25) is 0 Å². The second-order valence-electron chi connectivity index (χ2n) is 3.91. The molecule has 0 unspecified atom stereocenters. The number of aromatic nitrogens is 2. The number of hydrogen-bond acceptors (Lipinski definition) is 4. The summed E-state index contributed by atoms with van der Waals surface area (Å²) in [5.74, 6) is 0.145. The Morgan fingerprint density at radius 1 is 1.60 bits per heavy atom. The zero-order valence-electron chi connectivity index (χ0n) is 8.22. The van der Waals surface area contributed by atoms with Crippen molar-refractivity contribution >= 4 is 17.7 Å². The van der Waals surface area contributed by atoms with Gasteiger partial charge in [0.15, 0.2) is 0 Å². The van der Waals surface area contributed by atoms with Crippen LogP contribution in [0.4, 0.5) is 0 Å². The third kappa shape index (κ3) is 2.92. The molecule has 0 aromatic carbocycles. The zero-order valence-corrected chi connectivity index (χ0v) is 9.04. The van der Waals surface area contributed by atoms with E-state index in [0.717, 1.165) is 23.6 Å². The molecular formula is C10H12N2O2S. The molecule has 1 fully saturated rings. The van der Waals surface area contributed by atoms with E-state index >= 15 is 0 Å². The fourth-order valence-corrected chi connectivity index (χ4v) is 2.58. The Kier molecular flexibility index (Phi) is 2.90. The van der Waals surface area contributed by atoms with Gasteiger partial charge < -0.3 is 5.11 Å². The predicted molar refractivity (Wildman–Crippen MR) is 56.7 cm³/mol. The van der Waals surface area contributed by atoms with Gasteiger partial charge >= 0.3 is 5.97 Å². The summed E-state index contributed by atoms with van der Waals surface area (Å²) >= 11 is 1.62. The average Bonchev–Trinajstić information content (AvgIpc) is 2.96. The highest BCUT2D eigenvalue weighted by molar-refractivity contribution is 7.99. The molecule has 4 nitrogen and oxygen atoms in total. The first-order valence-corrected chi connectivity index (χ1v) is 5.79. The minimum atomic E-state index is -0.698. The van der Waals surface area contributed by atoms with Crippen molar-refractivity contribution in [2.75, 3.05) is 5.75 Å². The van der Waals surface area contributed by atoms with Gasteiger partial charge in [0.05, 0.1) is 11.4 Å². The highest BCUT2D eigenvalue weighted by Crippen LogP contribution is 2.51. The normalized spacial score (nSPS) is 17.3. The quantitative estimate of drug-likeness (QED) is 0.610. The first-order valence-electron chi connectivity index (χ1n) is 4.81. The van der Waals surface area contributed by atoms with Crippen molar-refractivity contribution in [2.45, 2.75) is 24.3 Å². The fraction of sp³-hybridized carbons (Fsp3) is 0.500. The molecule has 2 rings (SSSR count). The highest BCUT2D eigenvalue weighted by atomic mass is 32.2. The van der Waals surface area contributed by atoms with Gasteiger partial charge in [0, 0.05) is 11.9 Å². The van der Waals surface area contributed by atoms with Gasteiger partial charge in [-0.2, -0.15) is 0 Å². The summed E-state index contributed by atoms with van der Waals surface area (Å²) in [5, 5.41) is 9.67. The third-order valence-electron chi connectivity index (χ3n) is 2.56. The lowest BCUT2D eigenvalue weighted by Gasteiger charge is -2.10. The van der Waals surface area contributed by atoms with Crippen LogP contribution in [0.2, 0.25) is 0 Å². The van der Waals surface area contributed by atoms with Crippen molar-refractivity contribution in [3.05, 3.63) is 18.6 Å². The minimum Gasteiger partial charge on any atom is -0.481 e. The van der Waals surface area contributed by atoms with Crippen LogP contribution in [0, 0.1) is 5.41 Å². The standard InChI is InChI=1S/C10H12N2O2S/c13-9(14)5-10(2-3-10)6-15-8-1-4-11-7-12-8/h1,4,7H,2-3,5-6H2,(H,13,14). The maximum atomic E-state index is 10.6. The molecule has 0 aliphatic heterocycles. The molecule has 1 saturated carbocycles. The molecule has 0 spiro atoms. The van der Waals surface area contributed by atoms with Crippen molar-refractivity contribution in [1.29, 1.82) is 0 Å². The summed E-state index contributed by atoms with van der Waals surface area (Å²) in [4.78, 5) is 18.6. The van der Waals surface area contributed by atoms with Gasteiger partial charge in [0.1, 0.15) is 6.33 Å². The molecule has 80 valence electrons. The number of carboxylic acid groups (broad SMARTS) is 1. The fourth-order valence-electron chi connectivity index (χ4n) is 1.46. The van der Waals surface area contributed by atoms with Crippen LogP contribution < -0.4 is 0 Å². The molecule has 1 heterocycles. The van der Waals surface area contributed by atoms with Gasteiger partial charge in [-0.3, -0.25) is 4.79 Å². The van der Waals surface area contributed by atoms with Gasteiger partial charge in [0.25, 0.3) is 0 Å². The number of rotatable bonds is 5. The third-order valence-corrected chi connectivity index (χ3v) is 3.86. The Labute approximate surface area is 92.1 Å². The first-order chi connectivity index (χ1) is 7.20. The van der Waals surface area contributed by atoms with Crippen LogP contribution in [-0.2, 0) is 4.79 Å². The number of carboxylic acids is 1. The second kappa shape index (κ2) is 4.18. The Hall–Kier alpha value is -1.10. The number of nitrogens with zero attached hydrogens (tertiary/aromatic N) is 2. The van der Waals surface area contributed by atoms with Gasteiger partial charge in [-0.25, -0.2) is 9.97 Å². The molecule has 1 aliphatic carbocycles. The lowest BCUT2D eigenvalue weighted by atomic mass is 10.1. The summed E-state index contributed by atoms with van der Waals surface area (Å²) in [5.41, 5.74) is 0.0292. The number of carbonyl (C=O) groups is 1. The molecular weight excluding hydrogens is 212 g/mol. The number of hydrogen-bond donors (Lipinski definition) is 1. The summed E-state index contributed by atoms with van der Waals surface area (Å²) in [6.45, 7) is 0. The van der Waals surface area contributed by atoms with Gasteiger partial charge in [-0.1, -0.05) is 0 Å². The maximum Gasteiger partial charge on any atom is 0.303 e. The topological polar surface area (TPSA) is 63.1 Å². The van der Waals surface area contributed by atoms with Crippen LogP contribution in [0.15, 0.2) is 23.6 Å². The summed E-state index contributed by atoms with van der Waals surface area (Å²) in [6.07, 6.45) is 5.55. The number of thioether (sulfide) groups is 1. The van der Waals surface area contributed by atoms with Gasteiger partial charge in [-0.05, 0) is 24.3 Å². The maximum absolute atomic E-state index is 10.6. The lowest BCUT2D eigenvalue weighted by Crippen LogP contribution is -2.11. The summed E-state index contributed by atoms with van der Waals surface area (Å²) in [7, 11) is 0. The van der Waals surface area contributed by atoms with E-state index in [4.69, 9.17) is 5.11 Å². The van der Waals surface area contributed by atoms with Crippen molar-refractivity contribution in [3.8, 4) is 0 Å². The predicted octanol–water partition coefficient (Wildman–Crippen LogP) is 1.82. The Morgan fingerprint density at radius 2 is 2.40 bits per heavy atom.